The topological polar surface area (TPSA) is 42.4 Å². The van der Waals surface area contributed by atoms with Gasteiger partial charge in [0.25, 0.3) is 5.91 Å². The van der Waals surface area contributed by atoms with Crippen molar-refractivity contribution in [2.75, 3.05) is 20.3 Å². The van der Waals surface area contributed by atoms with Crippen molar-refractivity contribution in [2.45, 2.75) is 12.5 Å². The van der Waals surface area contributed by atoms with E-state index in [0.717, 1.165) is 13.0 Å². The monoisotopic (exact) mass is 240 g/mol. The fourth-order valence-corrected chi connectivity index (χ4v) is 1.91. The summed E-state index contributed by atoms with van der Waals surface area (Å²) in [5.41, 5.74) is 0.564. The number of carbonyl (C=O) groups excluding carboxylic acids is 1. The SMILES string of the molecule is CN(C(=O)c1ccnc(Cl)c1)C1CCOC1. The molecule has 1 aromatic heterocycles. The van der Waals surface area contributed by atoms with Gasteiger partial charge in [0.15, 0.2) is 0 Å². The normalized spacial score (nSPS) is 19.8. The molecule has 1 aliphatic rings. The van der Waals surface area contributed by atoms with Gasteiger partial charge < -0.3 is 9.64 Å². The van der Waals surface area contributed by atoms with Crippen LogP contribution in [0.4, 0.5) is 0 Å². The van der Waals surface area contributed by atoms with Crippen molar-refractivity contribution in [1.82, 2.24) is 9.88 Å². The number of hydrogen-bond donors (Lipinski definition) is 0. The second-order valence-corrected chi connectivity index (χ2v) is 4.19. The molecule has 0 aliphatic carbocycles. The minimum Gasteiger partial charge on any atom is -0.379 e. The first-order valence-electron chi connectivity index (χ1n) is 5.15. The molecule has 2 heterocycles. The Hall–Kier alpha value is -1.13. The molecule has 0 radical (unpaired) electrons. The number of aromatic nitrogens is 1. The second-order valence-electron chi connectivity index (χ2n) is 3.80. The van der Waals surface area contributed by atoms with Crippen molar-refractivity contribution in [3.63, 3.8) is 0 Å². The van der Waals surface area contributed by atoms with Crippen LogP contribution < -0.4 is 0 Å². The molecule has 1 amide bonds. The molecule has 1 aliphatic heterocycles. The standard InChI is InChI=1S/C11H13ClN2O2/c1-14(9-3-5-16-7-9)11(15)8-2-4-13-10(12)6-8/h2,4,6,9H,3,5,7H2,1H3. The summed E-state index contributed by atoms with van der Waals surface area (Å²) in [6, 6.07) is 3.41. The van der Waals surface area contributed by atoms with Crippen LogP contribution in [0.25, 0.3) is 0 Å². The number of amides is 1. The number of rotatable bonds is 2. The Bertz CT molecular complexity index is 391. The van der Waals surface area contributed by atoms with Crippen molar-refractivity contribution in [1.29, 1.82) is 0 Å². The highest BCUT2D eigenvalue weighted by molar-refractivity contribution is 6.29. The maximum absolute atomic E-state index is 12.1. The summed E-state index contributed by atoms with van der Waals surface area (Å²) in [5.74, 6) is -0.0419. The average molecular weight is 241 g/mol. The van der Waals surface area contributed by atoms with E-state index in [2.05, 4.69) is 4.98 Å². The molecule has 2 rings (SSSR count). The molecule has 0 saturated carbocycles. The second kappa shape index (κ2) is 4.80. The summed E-state index contributed by atoms with van der Waals surface area (Å²) in [4.78, 5) is 17.6. The lowest BCUT2D eigenvalue weighted by molar-refractivity contribution is 0.0711. The number of ether oxygens (including phenoxy) is 1. The van der Waals surface area contributed by atoms with Crippen LogP contribution in [-0.2, 0) is 4.74 Å². The number of hydrogen-bond acceptors (Lipinski definition) is 3. The molecule has 1 unspecified atom stereocenters. The van der Waals surface area contributed by atoms with E-state index in [1.165, 1.54) is 6.20 Å². The van der Waals surface area contributed by atoms with Crippen LogP contribution in [-0.4, -0.2) is 42.1 Å². The van der Waals surface area contributed by atoms with E-state index in [9.17, 15) is 4.79 Å². The van der Waals surface area contributed by atoms with Gasteiger partial charge in [-0.1, -0.05) is 11.6 Å². The molecule has 1 aromatic rings. The highest BCUT2D eigenvalue weighted by Gasteiger charge is 2.24. The lowest BCUT2D eigenvalue weighted by Crippen LogP contribution is -2.37. The van der Waals surface area contributed by atoms with Crippen molar-refractivity contribution in [3.05, 3.63) is 29.0 Å². The van der Waals surface area contributed by atoms with Gasteiger partial charge in [-0.05, 0) is 18.6 Å². The van der Waals surface area contributed by atoms with E-state index in [1.54, 1.807) is 24.1 Å². The average Bonchev–Trinajstić information content (AvgIpc) is 2.80. The molecule has 0 N–H and O–H groups in total. The van der Waals surface area contributed by atoms with Crippen LogP contribution >= 0.6 is 11.6 Å². The quantitative estimate of drug-likeness (QED) is 0.738. The summed E-state index contributed by atoms with van der Waals surface area (Å²) in [7, 11) is 1.79. The van der Waals surface area contributed by atoms with Gasteiger partial charge >= 0.3 is 0 Å². The smallest absolute Gasteiger partial charge is 0.254 e. The highest BCUT2D eigenvalue weighted by Crippen LogP contribution is 2.15. The van der Waals surface area contributed by atoms with Crippen LogP contribution in [0.2, 0.25) is 5.15 Å². The molecule has 4 nitrogen and oxygen atoms in total. The fraction of sp³-hybridized carbons (Fsp3) is 0.455. The molecule has 5 heteroatoms. The zero-order chi connectivity index (χ0) is 11.5. The van der Waals surface area contributed by atoms with Crippen LogP contribution in [0.5, 0.6) is 0 Å². The lowest BCUT2D eigenvalue weighted by Gasteiger charge is -2.23. The molecule has 16 heavy (non-hydrogen) atoms. The molecular formula is C11H13ClN2O2. The summed E-state index contributed by atoms with van der Waals surface area (Å²) < 4.78 is 5.26. The number of nitrogens with zero attached hydrogens (tertiary/aromatic N) is 2. The Morgan fingerprint density at radius 1 is 1.69 bits per heavy atom. The molecule has 1 fully saturated rings. The minimum absolute atomic E-state index is 0.0419. The largest absolute Gasteiger partial charge is 0.379 e. The summed E-state index contributed by atoms with van der Waals surface area (Å²) in [6.45, 7) is 1.33. The van der Waals surface area contributed by atoms with E-state index in [1.807, 2.05) is 0 Å². The van der Waals surface area contributed by atoms with Crippen molar-refractivity contribution < 1.29 is 9.53 Å². The van der Waals surface area contributed by atoms with E-state index in [0.29, 0.717) is 17.3 Å². The zero-order valence-corrected chi connectivity index (χ0v) is 9.78. The van der Waals surface area contributed by atoms with Crippen molar-refractivity contribution in [3.8, 4) is 0 Å². The predicted molar refractivity (Wildman–Crippen MR) is 60.6 cm³/mol. The first-order valence-corrected chi connectivity index (χ1v) is 5.53. The van der Waals surface area contributed by atoms with Crippen LogP contribution in [0.1, 0.15) is 16.8 Å². The van der Waals surface area contributed by atoms with Gasteiger partial charge in [-0.15, -0.1) is 0 Å². The molecule has 1 saturated heterocycles. The van der Waals surface area contributed by atoms with Crippen molar-refractivity contribution in [2.24, 2.45) is 0 Å². The summed E-state index contributed by atoms with van der Waals surface area (Å²) >= 11 is 5.75. The first kappa shape index (κ1) is 11.4. The summed E-state index contributed by atoms with van der Waals surface area (Å²) in [5, 5.41) is 0.335. The molecule has 0 spiro atoms. The van der Waals surface area contributed by atoms with Gasteiger partial charge in [0.2, 0.25) is 0 Å². The minimum atomic E-state index is -0.0419. The van der Waals surface area contributed by atoms with E-state index in [-0.39, 0.29) is 11.9 Å². The predicted octanol–water partition coefficient (Wildman–Crippen LogP) is 1.60. The van der Waals surface area contributed by atoms with Gasteiger partial charge in [0.1, 0.15) is 5.15 Å². The maximum atomic E-state index is 12.1. The van der Waals surface area contributed by atoms with E-state index in [4.69, 9.17) is 16.3 Å². The number of carbonyl (C=O) groups is 1. The van der Waals surface area contributed by atoms with Gasteiger partial charge in [-0.25, -0.2) is 4.98 Å². The van der Waals surface area contributed by atoms with E-state index >= 15 is 0 Å². The Labute approximate surface area is 99.2 Å². The third kappa shape index (κ3) is 2.33. The molecule has 86 valence electrons. The van der Waals surface area contributed by atoms with Crippen molar-refractivity contribution >= 4 is 17.5 Å². The van der Waals surface area contributed by atoms with E-state index < -0.39 is 0 Å². The molecular weight excluding hydrogens is 228 g/mol. The Balaban J connectivity index is 2.12. The molecule has 1 atom stereocenters. The van der Waals surface area contributed by atoms with Crippen LogP contribution in [0, 0.1) is 0 Å². The third-order valence-corrected chi connectivity index (χ3v) is 2.95. The Kier molecular flexibility index (Phi) is 3.41. The van der Waals surface area contributed by atoms with Gasteiger partial charge in [-0.3, -0.25) is 4.79 Å². The summed E-state index contributed by atoms with van der Waals surface area (Å²) in [6.07, 6.45) is 2.43. The van der Waals surface area contributed by atoms with Gasteiger partial charge in [0.05, 0.1) is 12.6 Å². The zero-order valence-electron chi connectivity index (χ0n) is 9.02. The fourth-order valence-electron chi connectivity index (χ4n) is 1.73. The molecule has 0 aromatic carbocycles. The third-order valence-electron chi connectivity index (χ3n) is 2.75. The van der Waals surface area contributed by atoms with Crippen LogP contribution in [0.15, 0.2) is 18.3 Å². The van der Waals surface area contributed by atoms with Crippen LogP contribution in [0.3, 0.4) is 0 Å². The Morgan fingerprint density at radius 3 is 3.12 bits per heavy atom. The lowest BCUT2D eigenvalue weighted by atomic mass is 10.2. The molecule has 0 bridgehead atoms. The Morgan fingerprint density at radius 2 is 2.50 bits per heavy atom. The van der Waals surface area contributed by atoms with Gasteiger partial charge in [0, 0.05) is 25.4 Å². The highest BCUT2D eigenvalue weighted by atomic mass is 35.5. The number of pyridine rings is 1. The number of halogens is 1. The van der Waals surface area contributed by atoms with Gasteiger partial charge in [-0.2, -0.15) is 0 Å². The maximum Gasteiger partial charge on any atom is 0.254 e. The number of likely N-dealkylation sites (N-methyl/N-ethyl adjacent to an activating group) is 1. The first-order chi connectivity index (χ1) is 7.68.